The highest BCUT2D eigenvalue weighted by molar-refractivity contribution is 4.79. The number of aliphatic hydroxyl groups excluding tert-OH is 1. The van der Waals surface area contributed by atoms with E-state index in [9.17, 15) is 5.11 Å². The van der Waals surface area contributed by atoms with Crippen LogP contribution in [0.3, 0.4) is 0 Å². The molecule has 2 atom stereocenters. The van der Waals surface area contributed by atoms with Crippen LogP contribution < -0.4 is 0 Å². The minimum Gasteiger partial charge on any atom is -0.390 e. The van der Waals surface area contributed by atoms with Gasteiger partial charge in [-0.05, 0) is 26.2 Å². The third kappa shape index (κ3) is 3.55. The van der Waals surface area contributed by atoms with Crippen LogP contribution in [0.1, 0.15) is 40.5 Å². The smallest absolute Gasteiger partial charge is 0.0880 e. The Balaban J connectivity index is 3.93. The van der Waals surface area contributed by atoms with Crippen molar-refractivity contribution in [1.29, 1.82) is 0 Å². The second-order valence-electron chi connectivity index (χ2n) is 4.07. The summed E-state index contributed by atoms with van der Waals surface area (Å²) in [5.41, 5.74) is -0.413. The Morgan fingerprint density at radius 1 is 1.42 bits per heavy atom. The molecule has 0 aromatic carbocycles. The zero-order chi connectivity index (χ0) is 9.78. The Morgan fingerprint density at radius 2 is 1.92 bits per heavy atom. The van der Waals surface area contributed by atoms with Gasteiger partial charge in [0.15, 0.2) is 0 Å². The first-order chi connectivity index (χ1) is 5.44. The molecule has 0 aliphatic heterocycles. The molecule has 0 saturated carbocycles. The first-order valence-electron chi connectivity index (χ1n) is 4.67. The van der Waals surface area contributed by atoms with Gasteiger partial charge in [-0.3, -0.25) is 0 Å². The molecule has 2 heteroatoms. The highest BCUT2D eigenvalue weighted by Gasteiger charge is 2.27. The third-order valence-corrected chi connectivity index (χ3v) is 2.65. The van der Waals surface area contributed by atoms with Crippen LogP contribution in [-0.2, 0) is 4.74 Å². The molecule has 2 unspecified atom stereocenters. The standard InChI is InChI=1S/C10H22O2/c1-6-8(2)7-9(11)10(3,4)12-5/h8-9,11H,6-7H2,1-5H3. The zero-order valence-corrected chi connectivity index (χ0v) is 8.92. The second kappa shape index (κ2) is 4.83. The molecule has 0 radical (unpaired) electrons. The molecule has 0 aromatic heterocycles. The van der Waals surface area contributed by atoms with Crippen molar-refractivity contribution >= 4 is 0 Å². The molecule has 0 rings (SSSR count). The first kappa shape index (κ1) is 11.9. The molecular formula is C10H22O2. The number of hydrogen-bond donors (Lipinski definition) is 1. The summed E-state index contributed by atoms with van der Waals surface area (Å²) in [7, 11) is 1.64. The van der Waals surface area contributed by atoms with Gasteiger partial charge in [0.05, 0.1) is 11.7 Å². The molecule has 1 N–H and O–H groups in total. The van der Waals surface area contributed by atoms with Crippen LogP contribution in [0, 0.1) is 5.92 Å². The molecule has 0 heterocycles. The third-order valence-electron chi connectivity index (χ3n) is 2.65. The summed E-state index contributed by atoms with van der Waals surface area (Å²) in [6, 6.07) is 0. The predicted octanol–water partition coefficient (Wildman–Crippen LogP) is 2.21. The monoisotopic (exact) mass is 174 g/mol. The van der Waals surface area contributed by atoms with Gasteiger partial charge in [0.1, 0.15) is 0 Å². The van der Waals surface area contributed by atoms with Gasteiger partial charge in [-0.15, -0.1) is 0 Å². The maximum atomic E-state index is 9.75. The second-order valence-corrected chi connectivity index (χ2v) is 4.07. The van der Waals surface area contributed by atoms with Crippen molar-refractivity contribution in [1.82, 2.24) is 0 Å². The molecule has 0 saturated heterocycles. The largest absolute Gasteiger partial charge is 0.390 e. The van der Waals surface area contributed by atoms with E-state index in [-0.39, 0.29) is 6.10 Å². The lowest BCUT2D eigenvalue weighted by Crippen LogP contribution is -2.39. The van der Waals surface area contributed by atoms with Gasteiger partial charge in [-0.1, -0.05) is 20.3 Å². The van der Waals surface area contributed by atoms with Gasteiger partial charge in [0.2, 0.25) is 0 Å². The lowest BCUT2D eigenvalue weighted by atomic mass is 9.91. The summed E-state index contributed by atoms with van der Waals surface area (Å²) in [6.07, 6.45) is 1.56. The summed E-state index contributed by atoms with van der Waals surface area (Å²) in [5.74, 6) is 0.564. The fourth-order valence-corrected chi connectivity index (χ4v) is 0.968. The van der Waals surface area contributed by atoms with Crippen LogP contribution in [0.4, 0.5) is 0 Å². The van der Waals surface area contributed by atoms with E-state index in [0.29, 0.717) is 5.92 Å². The van der Waals surface area contributed by atoms with E-state index < -0.39 is 5.60 Å². The summed E-state index contributed by atoms with van der Waals surface area (Å²) in [6.45, 7) is 8.12. The van der Waals surface area contributed by atoms with Crippen molar-refractivity contribution in [2.75, 3.05) is 7.11 Å². The summed E-state index contributed by atoms with van der Waals surface area (Å²) < 4.78 is 5.19. The minimum absolute atomic E-state index is 0.363. The Labute approximate surface area is 75.9 Å². The molecule has 74 valence electrons. The van der Waals surface area contributed by atoms with Gasteiger partial charge in [-0.2, -0.15) is 0 Å². The van der Waals surface area contributed by atoms with Crippen LogP contribution in [0.2, 0.25) is 0 Å². The van der Waals surface area contributed by atoms with E-state index in [1.54, 1.807) is 7.11 Å². The van der Waals surface area contributed by atoms with Crippen LogP contribution in [0.15, 0.2) is 0 Å². The highest BCUT2D eigenvalue weighted by Crippen LogP contribution is 2.21. The van der Waals surface area contributed by atoms with Crippen molar-refractivity contribution in [2.24, 2.45) is 5.92 Å². The molecule has 0 bridgehead atoms. The highest BCUT2D eigenvalue weighted by atomic mass is 16.5. The van der Waals surface area contributed by atoms with E-state index in [0.717, 1.165) is 12.8 Å². The maximum absolute atomic E-state index is 9.75. The van der Waals surface area contributed by atoms with Gasteiger partial charge in [0.25, 0.3) is 0 Å². The van der Waals surface area contributed by atoms with Gasteiger partial charge in [0, 0.05) is 7.11 Å². The average Bonchev–Trinajstić information content (AvgIpc) is 2.04. The number of hydrogen-bond acceptors (Lipinski definition) is 2. The summed E-state index contributed by atoms with van der Waals surface area (Å²) in [4.78, 5) is 0. The van der Waals surface area contributed by atoms with Gasteiger partial charge in [-0.25, -0.2) is 0 Å². The van der Waals surface area contributed by atoms with Crippen molar-refractivity contribution in [3.8, 4) is 0 Å². The first-order valence-corrected chi connectivity index (χ1v) is 4.67. The quantitative estimate of drug-likeness (QED) is 0.692. The molecule has 2 nitrogen and oxygen atoms in total. The summed E-state index contributed by atoms with van der Waals surface area (Å²) >= 11 is 0. The number of ether oxygens (including phenoxy) is 1. The lowest BCUT2D eigenvalue weighted by Gasteiger charge is -2.30. The fourth-order valence-electron chi connectivity index (χ4n) is 0.968. The molecule has 0 aliphatic carbocycles. The molecule has 0 amide bonds. The van der Waals surface area contributed by atoms with Crippen LogP contribution in [0.25, 0.3) is 0 Å². The van der Waals surface area contributed by atoms with Crippen molar-refractivity contribution in [3.05, 3.63) is 0 Å². The number of rotatable bonds is 5. The van der Waals surface area contributed by atoms with Crippen molar-refractivity contribution < 1.29 is 9.84 Å². The SMILES string of the molecule is CCC(C)CC(O)C(C)(C)OC. The Hall–Kier alpha value is -0.0800. The van der Waals surface area contributed by atoms with Crippen LogP contribution >= 0.6 is 0 Å². The molecule has 0 aliphatic rings. The predicted molar refractivity (Wildman–Crippen MR) is 51.2 cm³/mol. The maximum Gasteiger partial charge on any atom is 0.0880 e. The molecule has 12 heavy (non-hydrogen) atoms. The lowest BCUT2D eigenvalue weighted by molar-refractivity contribution is -0.0849. The Morgan fingerprint density at radius 3 is 2.25 bits per heavy atom. The van der Waals surface area contributed by atoms with E-state index in [1.807, 2.05) is 13.8 Å². The molecule has 0 aromatic rings. The zero-order valence-electron chi connectivity index (χ0n) is 8.92. The molecule has 0 spiro atoms. The van der Waals surface area contributed by atoms with Gasteiger partial charge >= 0.3 is 0 Å². The van der Waals surface area contributed by atoms with Gasteiger partial charge < -0.3 is 9.84 Å². The van der Waals surface area contributed by atoms with E-state index in [2.05, 4.69) is 13.8 Å². The average molecular weight is 174 g/mol. The van der Waals surface area contributed by atoms with Crippen LogP contribution in [-0.4, -0.2) is 23.9 Å². The van der Waals surface area contributed by atoms with E-state index in [4.69, 9.17) is 4.74 Å². The van der Waals surface area contributed by atoms with Crippen molar-refractivity contribution in [2.45, 2.75) is 52.2 Å². The summed E-state index contributed by atoms with van der Waals surface area (Å²) in [5, 5.41) is 9.75. The fraction of sp³-hybridized carbons (Fsp3) is 1.00. The topological polar surface area (TPSA) is 29.5 Å². The Kier molecular flexibility index (Phi) is 4.80. The normalized spacial score (nSPS) is 17.5. The molecule has 0 fully saturated rings. The number of methoxy groups -OCH3 is 1. The van der Waals surface area contributed by atoms with E-state index >= 15 is 0 Å². The minimum atomic E-state index is -0.413. The van der Waals surface area contributed by atoms with Crippen LogP contribution in [0.5, 0.6) is 0 Å². The van der Waals surface area contributed by atoms with E-state index in [1.165, 1.54) is 0 Å². The number of aliphatic hydroxyl groups is 1. The molecular weight excluding hydrogens is 152 g/mol. The Bertz CT molecular complexity index is 121. The van der Waals surface area contributed by atoms with Crippen molar-refractivity contribution in [3.63, 3.8) is 0 Å².